The Hall–Kier alpha value is -1.85. The number of anilines is 1. The lowest BCUT2D eigenvalue weighted by atomic mass is 10.2. The normalized spacial score (nSPS) is 10.5. The third kappa shape index (κ3) is 5.16. The highest BCUT2D eigenvalue weighted by Crippen LogP contribution is 2.22. The summed E-state index contributed by atoms with van der Waals surface area (Å²) < 4.78 is 6.15. The van der Waals surface area contributed by atoms with Gasteiger partial charge in [-0.1, -0.05) is 52.3 Å². The number of carbonyl (C=O) groups excluding carboxylic acids is 1. The van der Waals surface area contributed by atoms with Gasteiger partial charge in [-0.3, -0.25) is 5.32 Å². The van der Waals surface area contributed by atoms with Crippen molar-refractivity contribution in [1.82, 2.24) is 4.90 Å². The fourth-order valence-electron chi connectivity index (χ4n) is 1.97. The Kier molecular flexibility index (Phi) is 5.98. The van der Waals surface area contributed by atoms with Gasteiger partial charge < -0.3 is 9.64 Å². The Balaban J connectivity index is 1.90. The van der Waals surface area contributed by atoms with Crippen LogP contribution in [0.5, 0.6) is 0 Å². The van der Waals surface area contributed by atoms with Crippen molar-refractivity contribution in [2.75, 3.05) is 19.4 Å². The van der Waals surface area contributed by atoms with E-state index in [1.54, 1.807) is 0 Å². The molecule has 0 aromatic heterocycles. The van der Waals surface area contributed by atoms with E-state index < -0.39 is 6.09 Å². The number of hydrogen-bond acceptors (Lipinski definition) is 3. The highest BCUT2D eigenvalue weighted by atomic mass is 79.9. The van der Waals surface area contributed by atoms with Crippen LogP contribution in [0, 0.1) is 0 Å². The summed E-state index contributed by atoms with van der Waals surface area (Å²) in [5.41, 5.74) is 2.82. The molecular weight excluding hydrogens is 344 g/mol. The average molecular weight is 363 g/mol. The molecule has 2 aromatic rings. The van der Waals surface area contributed by atoms with Crippen LogP contribution >= 0.6 is 15.9 Å². The van der Waals surface area contributed by atoms with Crippen molar-refractivity contribution in [1.29, 1.82) is 0 Å². The monoisotopic (exact) mass is 362 g/mol. The third-order valence-corrected chi connectivity index (χ3v) is 3.74. The molecule has 0 heterocycles. The van der Waals surface area contributed by atoms with E-state index in [0.29, 0.717) is 5.69 Å². The summed E-state index contributed by atoms with van der Waals surface area (Å²) >= 11 is 3.52. The van der Waals surface area contributed by atoms with Gasteiger partial charge in [-0.05, 0) is 37.4 Å². The van der Waals surface area contributed by atoms with E-state index in [-0.39, 0.29) is 6.61 Å². The van der Waals surface area contributed by atoms with Crippen LogP contribution in [0.15, 0.2) is 53.0 Å². The average Bonchev–Trinajstić information content (AvgIpc) is 2.49. The zero-order valence-electron chi connectivity index (χ0n) is 12.7. The highest BCUT2D eigenvalue weighted by Gasteiger charge is 2.07. The van der Waals surface area contributed by atoms with Crippen molar-refractivity contribution < 1.29 is 9.53 Å². The standard InChI is InChI=1S/C17H19BrN2O2/c1-20(2)11-14-8-9-15(10-16(14)18)19-17(21)22-12-13-6-4-3-5-7-13/h3-10H,11-12H2,1-2H3,(H,19,21). The Bertz CT molecular complexity index is 630. The molecule has 0 aliphatic rings. The molecule has 1 amide bonds. The second-order valence-electron chi connectivity index (χ2n) is 5.23. The Labute approximate surface area is 139 Å². The van der Waals surface area contributed by atoms with E-state index in [4.69, 9.17) is 4.74 Å². The molecule has 0 atom stereocenters. The molecule has 0 saturated carbocycles. The van der Waals surface area contributed by atoms with E-state index >= 15 is 0 Å². The fraction of sp³-hybridized carbons (Fsp3) is 0.235. The summed E-state index contributed by atoms with van der Waals surface area (Å²) in [6.45, 7) is 1.09. The third-order valence-electron chi connectivity index (χ3n) is 3.00. The predicted molar refractivity (Wildman–Crippen MR) is 91.8 cm³/mol. The van der Waals surface area contributed by atoms with E-state index in [9.17, 15) is 4.79 Å². The van der Waals surface area contributed by atoms with Crippen molar-refractivity contribution in [3.8, 4) is 0 Å². The van der Waals surface area contributed by atoms with Gasteiger partial charge in [0.2, 0.25) is 0 Å². The number of nitrogens with one attached hydrogen (secondary N) is 1. The molecule has 2 rings (SSSR count). The lowest BCUT2D eigenvalue weighted by molar-refractivity contribution is 0.155. The van der Waals surface area contributed by atoms with Crippen molar-refractivity contribution in [3.05, 3.63) is 64.1 Å². The molecule has 0 unspecified atom stereocenters. The molecule has 0 aliphatic heterocycles. The summed E-state index contributed by atoms with van der Waals surface area (Å²) in [5, 5.41) is 2.73. The Morgan fingerprint density at radius 2 is 1.91 bits per heavy atom. The zero-order chi connectivity index (χ0) is 15.9. The molecule has 0 spiro atoms. The largest absolute Gasteiger partial charge is 0.444 e. The number of halogens is 1. The van der Waals surface area contributed by atoms with Crippen LogP contribution in [0.4, 0.5) is 10.5 Å². The number of rotatable bonds is 5. The van der Waals surface area contributed by atoms with Crippen LogP contribution < -0.4 is 5.32 Å². The summed E-state index contributed by atoms with van der Waals surface area (Å²) in [6, 6.07) is 15.3. The Morgan fingerprint density at radius 1 is 1.18 bits per heavy atom. The van der Waals surface area contributed by atoms with E-state index in [0.717, 1.165) is 22.1 Å². The summed E-state index contributed by atoms with van der Waals surface area (Å²) in [7, 11) is 4.03. The minimum atomic E-state index is -0.462. The first kappa shape index (κ1) is 16.5. The first-order valence-corrected chi connectivity index (χ1v) is 7.75. The zero-order valence-corrected chi connectivity index (χ0v) is 14.3. The van der Waals surface area contributed by atoms with Gasteiger partial charge in [0.1, 0.15) is 6.61 Å². The number of ether oxygens (including phenoxy) is 1. The highest BCUT2D eigenvalue weighted by molar-refractivity contribution is 9.10. The lowest BCUT2D eigenvalue weighted by Crippen LogP contribution is -2.14. The van der Waals surface area contributed by atoms with Gasteiger partial charge in [0.15, 0.2) is 0 Å². The summed E-state index contributed by atoms with van der Waals surface area (Å²) in [6.07, 6.45) is -0.462. The van der Waals surface area contributed by atoms with E-state index in [1.807, 2.05) is 62.6 Å². The van der Waals surface area contributed by atoms with Gasteiger partial charge in [-0.25, -0.2) is 4.79 Å². The van der Waals surface area contributed by atoms with Gasteiger partial charge in [-0.2, -0.15) is 0 Å². The number of amides is 1. The van der Waals surface area contributed by atoms with Crippen molar-refractivity contribution in [2.24, 2.45) is 0 Å². The SMILES string of the molecule is CN(C)Cc1ccc(NC(=O)OCc2ccccc2)cc1Br. The second-order valence-corrected chi connectivity index (χ2v) is 6.09. The molecule has 116 valence electrons. The van der Waals surface area contributed by atoms with Crippen LogP contribution in [0.1, 0.15) is 11.1 Å². The summed E-state index contributed by atoms with van der Waals surface area (Å²) in [5.74, 6) is 0. The van der Waals surface area contributed by atoms with Gasteiger partial charge in [-0.15, -0.1) is 0 Å². The maximum atomic E-state index is 11.8. The lowest BCUT2D eigenvalue weighted by Gasteiger charge is -2.13. The minimum absolute atomic E-state index is 0.257. The Morgan fingerprint density at radius 3 is 2.55 bits per heavy atom. The molecule has 0 aliphatic carbocycles. The number of benzene rings is 2. The molecule has 22 heavy (non-hydrogen) atoms. The fourth-order valence-corrected chi connectivity index (χ4v) is 2.48. The molecular formula is C17H19BrN2O2. The molecule has 2 aromatic carbocycles. The molecule has 0 radical (unpaired) electrons. The summed E-state index contributed by atoms with van der Waals surface area (Å²) in [4.78, 5) is 13.9. The molecule has 0 saturated heterocycles. The van der Waals surface area contributed by atoms with Crippen LogP contribution in [-0.2, 0) is 17.9 Å². The number of hydrogen-bond donors (Lipinski definition) is 1. The van der Waals surface area contributed by atoms with Gasteiger partial charge in [0, 0.05) is 16.7 Å². The van der Waals surface area contributed by atoms with E-state index in [1.165, 1.54) is 0 Å². The predicted octanol–water partition coefficient (Wildman–Crippen LogP) is 4.26. The van der Waals surface area contributed by atoms with Crippen molar-refractivity contribution in [2.45, 2.75) is 13.2 Å². The van der Waals surface area contributed by atoms with Crippen LogP contribution in [-0.4, -0.2) is 25.1 Å². The van der Waals surface area contributed by atoms with Crippen LogP contribution in [0.25, 0.3) is 0 Å². The molecule has 0 bridgehead atoms. The van der Waals surface area contributed by atoms with Gasteiger partial charge in [0.25, 0.3) is 0 Å². The van der Waals surface area contributed by atoms with Crippen molar-refractivity contribution in [3.63, 3.8) is 0 Å². The number of carbonyl (C=O) groups is 1. The van der Waals surface area contributed by atoms with Crippen LogP contribution in [0.3, 0.4) is 0 Å². The van der Waals surface area contributed by atoms with Gasteiger partial charge in [0.05, 0.1) is 0 Å². The van der Waals surface area contributed by atoms with E-state index in [2.05, 4.69) is 26.1 Å². The maximum Gasteiger partial charge on any atom is 0.411 e. The second kappa shape index (κ2) is 7.96. The molecule has 0 fully saturated rings. The quantitative estimate of drug-likeness (QED) is 0.863. The van der Waals surface area contributed by atoms with Crippen LogP contribution in [0.2, 0.25) is 0 Å². The first-order chi connectivity index (χ1) is 10.5. The van der Waals surface area contributed by atoms with Crippen molar-refractivity contribution >= 4 is 27.7 Å². The maximum absolute atomic E-state index is 11.8. The molecule has 1 N–H and O–H groups in total. The first-order valence-electron chi connectivity index (χ1n) is 6.95. The smallest absolute Gasteiger partial charge is 0.411 e. The topological polar surface area (TPSA) is 41.6 Å². The molecule has 5 heteroatoms. The van der Waals surface area contributed by atoms with Gasteiger partial charge >= 0.3 is 6.09 Å². The molecule has 4 nitrogen and oxygen atoms in total. The number of nitrogens with zero attached hydrogens (tertiary/aromatic N) is 1. The minimum Gasteiger partial charge on any atom is -0.444 e.